The monoisotopic (exact) mass is 618 g/mol. The van der Waals surface area contributed by atoms with Crippen LogP contribution < -0.4 is 5.32 Å². The maximum Gasteiger partial charge on any atom is 0.417 e. The van der Waals surface area contributed by atoms with Crippen LogP contribution in [0, 0.1) is 6.92 Å². The van der Waals surface area contributed by atoms with E-state index in [-0.39, 0.29) is 40.5 Å². The van der Waals surface area contributed by atoms with Crippen LogP contribution in [0.5, 0.6) is 0 Å². The zero-order chi connectivity index (χ0) is 31.1. The van der Waals surface area contributed by atoms with E-state index in [0.717, 1.165) is 25.2 Å². The molecule has 3 rings (SSSR count). The molecule has 0 spiro atoms. The van der Waals surface area contributed by atoms with Crippen molar-refractivity contribution in [2.75, 3.05) is 13.6 Å². The van der Waals surface area contributed by atoms with Gasteiger partial charge in [-0.05, 0) is 55.2 Å². The zero-order valence-corrected chi connectivity index (χ0v) is 21.9. The van der Waals surface area contributed by atoms with E-state index in [2.05, 4.69) is 0 Å². The van der Waals surface area contributed by atoms with Crippen molar-refractivity contribution in [1.82, 2.24) is 10.2 Å². The predicted molar refractivity (Wildman–Crippen MR) is 129 cm³/mol. The van der Waals surface area contributed by atoms with Crippen LogP contribution in [0.4, 0.5) is 43.9 Å². The number of carbonyl (C=O) groups excluding carboxylic acids is 2. The number of hydrogen-bond donors (Lipinski definition) is 1. The van der Waals surface area contributed by atoms with Crippen LogP contribution in [0.2, 0.25) is 5.02 Å². The number of carbonyl (C=O) groups is 2. The van der Waals surface area contributed by atoms with E-state index < -0.39 is 76.4 Å². The minimum absolute atomic E-state index is 0.0895. The SMILES string of the molecule is Cc1cc(C(C=C(F)c2ccc(C(=O)NC3(C(=O)N(C)CC(F)(F)F)CC3)c(C(F)(F)F)c2)C(F)(F)F)ccc1Cl. The first kappa shape index (κ1) is 32.2. The molecule has 0 aromatic heterocycles. The van der Waals surface area contributed by atoms with Crippen LogP contribution in [-0.4, -0.2) is 48.2 Å². The Morgan fingerprint density at radius 1 is 1.02 bits per heavy atom. The van der Waals surface area contributed by atoms with Gasteiger partial charge in [0.05, 0.1) is 11.1 Å². The van der Waals surface area contributed by atoms with Gasteiger partial charge < -0.3 is 10.2 Å². The average Bonchev–Trinajstić information content (AvgIpc) is 3.61. The number of allylic oxidation sites excluding steroid dienone is 1. The molecule has 0 heterocycles. The molecule has 41 heavy (non-hydrogen) atoms. The van der Waals surface area contributed by atoms with Gasteiger partial charge in [-0.15, -0.1) is 0 Å². The number of aryl methyl sites for hydroxylation is 1. The fraction of sp³-hybridized carbons (Fsp3) is 0.385. The van der Waals surface area contributed by atoms with Crippen LogP contribution in [-0.2, 0) is 11.0 Å². The van der Waals surface area contributed by atoms with Gasteiger partial charge in [-0.1, -0.05) is 29.8 Å². The Bertz CT molecular complexity index is 1360. The van der Waals surface area contributed by atoms with Gasteiger partial charge >= 0.3 is 18.5 Å². The summed E-state index contributed by atoms with van der Waals surface area (Å²) < 4.78 is 136. The molecule has 4 nitrogen and oxygen atoms in total. The Morgan fingerprint density at radius 2 is 1.63 bits per heavy atom. The van der Waals surface area contributed by atoms with E-state index in [0.29, 0.717) is 12.1 Å². The first-order valence-electron chi connectivity index (χ1n) is 11.7. The van der Waals surface area contributed by atoms with E-state index in [9.17, 15) is 49.1 Å². The second-order valence-corrected chi connectivity index (χ2v) is 10.0. The lowest BCUT2D eigenvalue weighted by Gasteiger charge is -2.25. The summed E-state index contributed by atoms with van der Waals surface area (Å²) in [7, 11) is 0.812. The molecule has 15 heteroatoms. The molecule has 1 saturated carbocycles. The van der Waals surface area contributed by atoms with E-state index in [1.165, 1.54) is 6.92 Å². The van der Waals surface area contributed by atoms with Crippen molar-refractivity contribution in [2.24, 2.45) is 0 Å². The first-order valence-corrected chi connectivity index (χ1v) is 12.1. The Morgan fingerprint density at radius 3 is 2.12 bits per heavy atom. The quantitative estimate of drug-likeness (QED) is 0.325. The molecule has 1 aliphatic rings. The topological polar surface area (TPSA) is 49.4 Å². The lowest BCUT2D eigenvalue weighted by atomic mass is 9.94. The molecule has 0 bridgehead atoms. The molecule has 1 N–H and O–H groups in total. The summed E-state index contributed by atoms with van der Waals surface area (Å²) in [6, 6.07) is 4.50. The number of benzene rings is 2. The summed E-state index contributed by atoms with van der Waals surface area (Å²) in [4.78, 5) is 25.5. The number of halogens is 11. The third-order valence-electron chi connectivity index (χ3n) is 6.33. The van der Waals surface area contributed by atoms with Crippen molar-refractivity contribution in [2.45, 2.75) is 49.8 Å². The van der Waals surface area contributed by atoms with E-state index >= 15 is 4.39 Å². The van der Waals surface area contributed by atoms with Crippen LogP contribution >= 0.6 is 11.6 Å². The smallest absolute Gasteiger partial charge is 0.338 e. The highest BCUT2D eigenvalue weighted by molar-refractivity contribution is 6.31. The number of nitrogens with one attached hydrogen (secondary N) is 1. The molecule has 1 fully saturated rings. The van der Waals surface area contributed by atoms with Gasteiger partial charge in [0, 0.05) is 17.6 Å². The lowest BCUT2D eigenvalue weighted by Crippen LogP contribution is -2.51. The fourth-order valence-corrected chi connectivity index (χ4v) is 4.23. The molecular weight excluding hydrogens is 598 g/mol. The summed E-state index contributed by atoms with van der Waals surface area (Å²) in [5.41, 5.74) is -5.78. The molecule has 0 saturated heterocycles. The van der Waals surface area contributed by atoms with E-state index in [1.807, 2.05) is 5.32 Å². The Hall–Kier alpha value is -3.29. The molecular formula is C26H21ClF10N2O2. The molecule has 1 unspecified atom stereocenters. The predicted octanol–water partition coefficient (Wildman–Crippen LogP) is 7.61. The molecule has 2 aromatic carbocycles. The maximum absolute atomic E-state index is 15.0. The van der Waals surface area contributed by atoms with Gasteiger partial charge in [0.2, 0.25) is 5.91 Å². The van der Waals surface area contributed by atoms with E-state index in [4.69, 9.17) is 11.6 Å². The second-order valence-electron chi connectivity index (χ2n) is 9.61. The lowest BCUT2D eigenvalue weighted by molar-refractivity contribution is -0.160. The fourth-order valence-electron chi connectivity index (χ4n) is 4.12. The van der Waals surface area contributed by atoms with Gasteiger partial charge in [-0.2, -0.15) is 39.5 Å². The summed E-state index contributed by atoms with van der Waals surface area (Å²) in [6.07, 6.45) is -15.3. The van der Waals surface area contributed by atoms with Crippen molar-refractivity contribution < 1.29 is 53.5 Å². The standard InChI is InChI=1S/C26H21ClF10N2O2/c1-13-9-14(4-6-19(13)27)17(25(32,33)34)11-20(28)15-3-5-16(18(10-15)26(35,36)37)21(40)38-23(7-8-23)22(41)39(2)12-24(29,30)31/h3-6,9-11,17H,7-8,12H2,1-2H3,(H,38,40). The Kier molecular flexibility index (Phi) is 8.79. The molecule has 224 valence electrons. The number of amides is 2. The summed E-state index contributed by atoms with van der Waals surface area (Å²) in [5, 5.41) is 2.17. The number of hydrogen-bond acceptors (Lipinski definition) is 2. The van der Waals surface area contributed by atoms with Crippen molar-refractivity contribution >= 4 is 29.2 Å². The van der Waals surface area contributed by atoms with Crippen molar-refractivity contribution in [1.29, 1.82) is 0 Å². The molecule has 2 aromatic rings. The summed E-state index contributed by atoms with van der Waals surface area (Å²) in [6.45, 7) is -0.252. The maximum atomic E-state index is 15.0. The highest BCUT2D eigenvalue weighted by Gasteiger charge is 2.54. The Balaban J connectivity index is 1.95. The van der Waals surface area contributed by atoms with Crippen LogP contribution in [0.15, 0.2) is 42.5 Å². The number of nitrogens with zero attached hydrogens (tertiary/aromatic N) is 1. The molecule has 1 aliphatic carbocycles. The van der Waals surface area contributed by atoms with Gasteiger partial charge in [-0.25, -0.2) is 4.39 Å². The number of rotatable bonds is 7. The van der Waals surface area contributed by atoms with E-state index in [1.54, 1.807) is 0 Å². The minimum atomic E-state index is -5.30. The zero-order valence-electron chi connectivity index (χ0n) is 21.2. The van der Waals surface area contributed by atoms with Crippen LogP contribution in [0.25, 0.3) is 5.83 Å². The summed E-state index contributed by atoms with van der Waals surface area (Å²) in [5.74, 6) is -6.87. The molecule has 0 radical (unpaired) electrons. The molecule has 0 aliphatic heterocycles. The third-order valence-corrected chi connectivity index (χ3v) is 6.75. The highest BCUT2D eigenvalue weighted by atomic mass is 35.5. The van der Waals surface area contributed by atoms with Gasteiger partial charge in [-0.3, -0.25) is 9.59 Å². The molecule has 1 atom stereocenters. The second kappa shape index (κ2) is 11.2. The van der Waals surface area contributed by atoms with Crippen molar-refractivity contribution in [3.05, 3.63) is 75.3 Å². The Labute approximate surface area is 231 Å². The normalized spacial score (nSPS) is 16.3. The van der Waals surface area contributed by atoms with Gasteiger partial charge in [0.25, 0.3) is 5.91 Å². The van der Waals surface area contributed by atoms with Gasteiger partial charge in [0.15, 0.2) is 0 Å². The van der Waals surface area contributed by atoms with Gasteiger partial charge in [0.1, 0.15) is 23.8 Å². The van der Waals surface area contributed by atoms with Crippen LogP contribution in [0.1, 0.15) is 51.4 Å². The van der Waals surface area contributed by atoms with Crippen molar-refractivity contribution in [3.8, 4) is 0 Å². The molecule has 2 amide bonds. The number of alkyl halides is 9. The highest BCUT2D eigenvalue weighted by Crippen LogP contribution is 2.42. The summed E-state index contributed by atoms with van der Waals surface area (Å²) >= 11 is 5.83. The first-order chi connectivity index (χ1) is 18.6. The largest absolute Gasteiger partial charge is 0.417 e. The third kappa shape index (κ3) is 7.72. The number of likely N-dealkylation sites (N-methyl/N-ethyl adjacent to an activating group) is 1. The van der Waals surface area contributed by atoms with Crippen LogP contribution in [0.3, 0.4) is 0 Å². The average molecular weight is 619 g/mol. The minimum Gasteiger partial charge on any atom is -0.338 e. The van der Waals surface area contributed by atoms with Crippen molar-refractivity contribution in [3.63, 3.8) is 0 Å².